The van der Waals surface area contributed by atoms with Gasteiger partial charge in [-0.3, -0.25) is 4.98 Å². The largest absolute Gasteiger partial charge is 0.416 e. The number of alkyl halides is 3. The number of hydrogen-bond donors (Lipinski definition) is 2. The minimum absolute atomic E-state index is 0.0145. The van der Waals surface area contributed by atoms with Crippen LogP contribution in [-0.2, 0) is 18.1 Å². The van der Waals surface area contributed by atoms with Gasteiger partial charge in [-0.25, -0.2) is 9.18 Å². The van der Waals surface area contributed by atoms with Crippen molar-refractivity contribution in [2.75, 3.05) is 0 Å². The quantitative estimate of drug-likeness (QED) is 0.391. The lowest BCUT2D eigenvalue weighted by Crippen LogP contribution is -2.53. The Morgan fingerprint density at radius 3 is 2.32 bits per heavy atom. The van der Waals surface area contributed by atoms with E-state index in [0.717, 1.165) is 23.3 Å². The lowest BCUT2D eigenvalue weighted by molar-refractivity contribution is -0.137. The maximum absolute atomic E-state index is 14.6. The Morgan fingerprint density at radius 1 is 1.06 bits per heavy atom. The summed E-state index contributed by atoms with van der Waals surface area (Å²) in [6, 6.07) is 11.6. The summed E-state index contributed by atoms with van der Waals surface area (Å²) < 4.78 is 55.4. The van der Waals surface area contributed by atoms with Gasteiger partial charge in [0.25, 0.3) is 0 Å². The second-order valence-corrected chi connectivity index (χ2v) is 8.79. The Kier molecular flexibility index (Phi) is 7.51. The van der Waals surface area contributed by atoms with Crippen LogP contribution in [0.25, 0.3) is 0 Å². The molecule has 0 radical (unpaired) electrons. The van der Waals surface area contributed by atoms with E-state index in [-0.39, 0.29) is 23.7 Å². The Balaban J connectivity index is 2.32. The summed E-state index contributed by atoms with van der Waals surface area (Å²) in [4.78, 5) is 17.3. The van der Waals surface area contributed by atoms with E-state index in [4.69, 9.17) is 11.6 Å². The minimum Gasteiger partial charge on any atom is -0.336 e. The second-order valence-electron chi connectivity index (χ2n) is 8.35. The van der Waals surface area contributed by atoms with Gasteiger partial charge in [0.2, 0.25) is 0 Å². The van der Waals surface area contributed by atoms with E-state index in [1.807, 2.05) is 19.1 Å². The zero-order valence-corrected chi connectivity index (χ0v) is 19.6. The van der Waals surface area contributed by atoms with Gasteiger partial charge in [0.15, 0.2) is 0 Å². The molecule has 0 fully saturated rings. The van der Waals surface area contributed by atoms with Gasteiger partial charge < -0.3 is 10.6 Å². The van der Waals surface area contributed by atoms with Crippen molar-refractivity contribution >= 4 is 17.6 Å². The van der Waals surface area contributed by atoms with Gasteiger partial charge in [-0.1, -0.05) is 35.9 Å². The van der Waals surface area contributed by atoms with Crippen molar-refractivity contribution in [1.29, 1.82) is 0 Å². The molecule has 2 amide bonds. The first-order chi connectivity index (χ1) is 15.9. The van der Waals surface area contributed by atoms with Crippen molar-refractivity contribution in [2.24, 2.45) is 0 Å². The van der Waals surface area contributed by atoms with Crippen LogP contribution < -0.4 is 10.6 Å². The first-order valence-electron chi connectivity index (χ1n) is 10.5. The molecule has 0 spiro atoms. The van der Waals surface area contributed by atoms with E-state index in [1.54, 1.807) is 26.0 Å². The van der Waals surface area contributed by atoms with E-state index in [0.29, 0.717) is 11.1 Å². The Hall–Kier alpha value is -3.13. The summed E-state index contributed by atoms with van der Waals surface area (Å²) in [5.74, 6) is -1.08. The van der Waals surface area contributed by atoms with E-state index in [9.17, 15) is 22.4 Å². The normalized spacial score (nSPS) is 13.4. The highest BCUT2D eigenvalue weighted by molar-refractivity contribution is 6.30. The van der Waals surface area contributed by atoms with Crippen molar-refractivity contribution in [2.45, 2.75) is 44.9 Å². The highest BCUT2D eigenvalue weighted by Gasteiger charge is 2.41. The standard InChI is InChI=1S/C25H24ClF4N3O/c1-15(2)32-23(34)33-24(22-9-8-20(26)14-31-22,13-17-7-5-4-6-16(17)3)18-10-19(25(28,29)30)12-21(27)11-18/h4-12,14-15H,13H2,1-3H3,(H2,32,33,34)/t24-/m0/s1. The van der Waals surface area contributed by atoms with Crippen LogP contribution in [-0.4, -0.2) is 17.1 Å². The molecule has 0 saturated heterocycles. The summed E-state index contributed by atoms with van der Waals surface area (Å²) in [7, 11) is 0. The van der Waals surface area contributed by atoms with E-state index in [1.165, 1.54) is 18.3 Å². The first-order valence-corrected chi connectivity index (χ1v) is 10.9. The molecule has 0 saturated carbocycles. The molecule has 2 aromatic carbocycles. The maximum atomic E-state index is 14.6. The van der Waals surface area contributed by atoms with E-state index < -0.39 is 29.1 Å². The molecule has 4 nitrogen and oxygen atoms in total. The Bertz CT molecular complexity index is 1170. The van der Waals surface area contributed by atoms with Crippen LogP contribution in [0, 0.1) is 12.7 Å². The number of halogens is 5. The molecule has 0 aliphatic carbocycles. The molecule has 0 aliphatic heterocycles. The van der Waals surface area contributed by atoms with Crippen molar-refractivity contribution in [3.05, 3.63) is 99.6 Å². The summed E-state index contributed by atoms with van der Waals surface area (Å²) >= 11 is 6.01. The molecule has 1 heterocycles. The highest BCUT2D eigenvalue weighted by atomic mass is 35.5. The molecule has 1 atom stereocenters. The molecule has 180 valence electrons. The van der Waals surface area contributed by atoms with Crippen molar-refractivity contribution in [1.82, 2.24) is 15.6 Å². The molecule has 0 bridgehead atoms. The van der Waals surface area contributed by atoms with Gasteiger partial charge in [-0.15, -0.1) is 0 Å². The first kappa shape index (κ1) is 25.5. The summed E-state index contributed by atoms with van der Waals surface area (Å²) in [6.45, 7) is 5.33. The summed E-state index contributed by atoms with van der Waals surface area (Å²) in [5, 5.41) is 5.80. The van der Waals surface area contributed by atoms with Crippen LogP contribution in [0.5, 0.6) is 0 Å². The third-order valence-electron chi connectivity index (χ3n) is 5.35. The van der Waals surface area contributed by atoms with Crippen molar-refractivity contribution < 1.29 is 22.4 Å². The minimum atomic E-state index is -4.79. The molecule has 9 heteroatoms. The number of hydrogen-bond acceptors (Lipinski definition) is 2. The zero-order chi connectivity index (χ0) is 25.1. The number of carbonyl (C=O) groups is 1. The van der Waals surface area contributed by atoms with Crippen molar-refractivity contribution in [3.63, 3.8) is 0 Å². The number of rotatable bonds is 6. The molecule has 34 heavy (non-hydrogen) atoms. The van der Waals surface area contributed by atoms with Crippen LogP contribution in [0.15, 0.2) is 60.8 Å². The predicted octanol–water partition coefficient (Wildman–Crippen LogP) is 6.40. The Morgan fingerprint density at radius 2 is 1.74 bits per heavy atom. The summed E-state index contributed by atoms with van der Waals surface area (Å²) in [5.41, 5.74) is -1.12. The molecular formula is C25H24ClF4N3O. The third-order valence-corrected chi connectivity index (χ3v) is 5.57. The second kappa shape index (κ2) is 10.0. The Labute approximate surface area is 200 Å². The molecule has 1 aromatic heterocycles. The molecule has 2 N–H and O–H groups in total. The number of nitrogens with one attached hydrogen (secondary N) is 2. The van der Waals surface area contributed by atoms with Gasteiger partial charge in [0.05, 0.1) is 16.3 Å². The lowest BCUT2D eigenvalue weighted by atomic mass is 9.79. The number of pyridine rings is 1. The number of aromatic nitrogens is 1. The van der Waals surface area contributed by atoms with Crippen LogP contribution >= 0.6 is 11.6 Å². The van der Waals surface area contributed by atoms with E-state index >= 15 is 0 Å². The predicted molar refractivity (Wildman–Crippen MR) is 123 cm³/mol. The SMILES string of the molecule is Cc1ccccc1C[C@](NC(=O)NC(C)C)(c1cc(F)cc(C(F)(F)F)c1)c1ccc(Cl)cn1. The van der Waals surface area contributed by atoms with Gasteiger partial charge in [0, 0.05) is 18.7 Å². The lowest BCUT2D eigenvalue weighted by Gasteiger charge is -2.36. The average molecular weight is 494 g/mol. The molecule has 0 unspecified atom stereocenters. The molecule has 3 aromatic rings. The monoisotopic (exact) mass is 493 g/mol. The van der Waals surface area contributed by atoms with Crippen LogP contribution in [0.4, 0.5) is 22.4 Å². The smallest absolute Gasteiger partial charge is 0.336 e. The maximum Gasteiger partial charge on any atom is 0.416 e. The van der Waals surface area contributed by atoms with Gasteiger partial charge in [-0.05, 0) is 67.8 Å². The van der Waals surface area contributed by atoms with Crippen molar-refractivity contribution in [3.8, 4) is 0 Å². The molecule has 3 rings (SSSR count). The van der Waals surface area contributed by atoms with Gasteiger partial charge >= 0.3 is 12.2 Å². The number of urea groups is 1. The van der Waals surface area contributed by atoms with Gasteiger partial charge in [0.1, 0.15) is 11.4 Å². The number of nitrogens with zero attached hydrogens (tertiary/aromatic N) is 1. The topological polar surface area (TPSA) is 54.0 Å². The van der Waals surface area contributed by atoms with Gasteiger partial charge in [-0.2, -0.15) is 13.2 Å². The third kappa shape index (κ3) is 5.86. The fourth-order valence-electron chi connectivity index (χ4n) is 3.74. The average Bonchev–Trinajstić information content (AvgIpc) is 2.73. The van der Waals surface area contributed by atoms with E-state index in [2.05, 4.69) is 15.6 Å². The number of carbonyl (C=O) groups excluding carboxylic acids is 1. The fraction of sp³-hybridized carbons (Fsp3) is 0.280. The number of amides is 2. The molecular weight excluding hydrogens is 470 g/mol. The number of benzene rings is 2. The fourth-order valence-corrected chi connectivity index (χ4v) is 3.85. The number of aryl methyl sites for hydroxylation is 1. The zero-order valence-electron chi connectivity index (χ0n) is 18.8. The van der Waals surface area contributed by atoms with Crippen LogP contribution in [0.3, 0.4) is 0 Å². The highest BCUT2D eigenvalue weighted by Crippen LogP contribution is 2.38. The van der Waals surface area contributed by atoms with Crippen LogP contribution in [0.2, 0.25) is 5.02 Å². The van der Waals surface area contributed by atoms with Crippen LogP contribution in [0.1, 0.15) is 41.8 Å². The summed E-state index contributed by atoms with van der Waals surface area (Å²) in [6.07, 6.45) is -3.45. The molecule has 0 aliphatic rings.